The number of carboxylic acids is 1. The van der Waals surface area contributed by atoms with Gasteiger partial charge in [0.1, 0.15) is 12.4 Å². The molecule has 0 atom stereocenters. The van der Waals surface area contributed by atoms with Gasteiger partial charge in [0, 0.05) is 46.4 Å². The van der Waals surface area contributed by atoms with Crippen LogP contribution in [0, 0.1) is 6.92 Å². The van der Waals surface area contributed by atoms with Crippen LogP contribution >= 0.6 is 11.6 Å². The molecule has 2 N–H and O–H groups in total. The molecular weight excluding hydrogens is 390 g/mol. The van der Waals surface area contributed by atoms with Crippen LogP contribution < -0.4 is 4.74 Å². The Bertz CT molecular complexity index is 1190. The number of aryl methyl sites for hydroxylation is 1. The van der Waals surface area contributed by atoms with E-state index in [1.54, 1.807) is 6.20 Å². The van der Waals surface area contributed by atoms with Gasteiger partial charge in [-0.2, -0.15) is 5.10 Å². The molecule has 0 fully saturated rings. The molecule has 0 amide bonds. The van der Waals surface area contributed by atoms with E-state index in [0.717, 1.165) is 39.0 Å². The molecule has 2 heterocycles. The second-order valence-corrected chi connectivity index (χ2v) is 7.37. The first-order valence-corrected chi connectivity index (χ1v) is 9.53. The van der Waals surface area contributed by atoms with Crippen molar-refractivity contribution in [3.8, 4) is 17.0 Å². The minimum absolute atomic E-state index is 0.0120. The smallest absolute Gasteiger partial charge is 0.307 e. The van der Waals surface area contributed by atoms with Gasteiger partial charge < -0.3 is 14.8 Å². The Balaban J connectivity index is 1.54. The molecule has 0 radical (unpaired) electrons. The normalized spacial score (nSPS) is 11.1. The van der Waals surface area contributed by atoms with Crippen molar-refractivity contribution in [2.45, 2.75) is 20.0 Å². The van der Waals surface area contributed by atoms with Crippen LogP contribution in [0.25, 0.3) is 22.2 Å². The molecular formula is C22H20ClN3O3. The predicted octanol–water partition coefficient (Wildman–Crippen LogP) is 4.74. The van der Waals surface area contributed by atoms with Crippen molar-refractivity contribution in [1.82, 2.24) is 14.8 Å². The van der Waals surface area contributed by atoms with Crippen LogP contribution in [0.15, 0.2) is 48.7 Å². The number of hydrogen-bond acceptors (Lipinski definition) is 3. The fourth-order valence-electron chi connectivity index (χ4n) is 3.46. The number of aliphatic carboxylic acids is 1. The first-order chi connectivity index (χ1) is 13.9. The maximum absolute atomic E-state index is 11.0. The number of hydrogen-bond donors (Lipinski definition) is 2. The van der Waals surface area contributed by atoms with Crippen LogP contribution in [0.4, 0.5) is 0 Å². The van der Waals surface area contributed by atoms with Crippen molar-refractivity contribution in [3.05, 3.63) is 70.5 Å². The summed E-state index contributed by atoms with van der Waals surface area (Å²) in [5, 5.41) is 15.2. The number of aromatic amines is 1. The van der Waals surface area contributed by atoms with E-state index < -0.39 is 5.97 Å². The summed E-state index contributed by atoms with van der Waals surface area (Å²) in [5.41, 5.74) is 5.55. The highest BCUT2D eigenvalue weighted by molar-refractivity contribution is 6.30. The minimum Gasteiger partial charge on any atom is -0.487 e. The van der Waals surface area contributed by atoms with E-state index in [1.165, 1.54) is 0 Å². The van der Waals surface area contributed by atoms with Crippen molar-refractivity contribution >= 4 is 28.5 Å². The largest absolute Gasteiger partial charge is 0.487 e. The van der Waals surface area contributed by atoms with E-state index in [1.807, 2.05) is 61.1 Å². The number of nitrogens with one attached hydrogen (secondary N) is 1. The Morgan fingerprint density at radius 3 is 2.72 bits per heavy atom. The quantitative estimate of drug-likeness (QED) is 0.482. The molecule has 29 heavy (non-hydrogen) atoms. The van der Waals surface area contributed by atoms with Gasteiger partial charge in [0.25, 0.3) is 0 Å². The summed E-state index contributed by atoms with van der Waals surface area (Å²) in [5.74, 6) is -0.149. The third-order valence-electron chi connectivity index (χ3n) is 5.00. The highest BCUT2D eigenvalue weighted by Crippen LogP contribution is 2.28. The summed E-state index contributed by atoms with van der Waals surface area (Å²) >= 11 is 5.98. The Morgan fingerprint density at radius 1 is 1.24 bits per heavy atom. The highest BCUT2D eigenvalue weighted by atomic mass is 35.5. The number of aromatic nitrogens is 3. The molecule has 4 aromatic rings. The zero-order valence-corrected chi connectivity index (χ0v) is 16.8. The zero-order chi connectivity index (χ0) is 20.5. The molecule has 0 bridgehead atoms. The summed E-state index contributed by atoms with van der Waals surface area (Å²) in [4.78, 5) is 14.1. The van der Waals surface area contributed by atoms with E-state index in [2.05, 4.69) is 10.1 Å². The van der Waals surface area contributed by atoms with E-state index in [0.29, 0.717) is 17.4 Å². The van der Waals surface area contributed by atoms with Gasteiger partial charge in [-0.1, -0.05) is 23.7 Å². The monoisotopic (exact) mass is 409 g/mol. The number of benzene rings is 2. The maximum Gasteiger partial charge on any atom is 0.307 e. The van der Waals surface area contributed by atoms with Gasteiger partial charge >= 0.3 is 5.97 Å². The third kappa shape index (κ3) is 3.84. The molecule has 2 aromatic carbocycles. The number of carboxylic acid groups (broad SMARTS) is 1. The molecule has 2 aromatic heterocycles. The topological polar surface area (TPSA) is 80.1 Å². The van der Waals surface area contributed by atoms with E-state index >= 15 is 0 Å². The SMILES string of the molecule is Cc1c(-c2ccc(Cl)cc2)nn(C)c1COc1ccc2c(CC(=O)O)c[nH]c2c1. The summed E-state index contributed by atoms with van der Waals surface area (Å²) < 4.78 is 7.83. The molecule has 148 valence electrons. The summed E-state index contributed by atoms with van der Waals surface area (Å²) in [6.45, 7) is 2.40. The van der Waals surface area contributed by atoms with Crippen molar-refractivity contribution in [2.75, 3.05) is 0 Å². The number of fused-ring (bicyclic) bond motifs is 1. The van der Waals surface area contributed by atoms with Crippen LogP contribution in [-0.4, -0.2) is 25.8 Å². The Morgan fingerprint density at radius 2 is 2.00 bits per heavy atom. The highest BCUT2D eigenvalue weighted by Gasteiger charge is 2.15. The van der Waals surface area contributed by atoms with E-state index in [-0.39, 0.29) is 6.42 Å². The van der Waals surface area contributed by atoms with Crippen LogP contribution in [0.5, 0.6) is 5.75 Å². The molecule has 6 nitrogen and oxygen atoms in total. The number of halogens is 1. The van der Waals surface area contributed by atoms with Gasteiger partial charge in [0.2, 0.25) is 0 Å². The molecule has 0 aliphatic heterocycles. The average molecular weight is 410 g/mol. The van der Waals surface area contributed by atoms with Crippen LogP contribution in [0.3, 0.4) is 0 Å². The molecule has 0 saturated heterocycles. The van der Waals surface area contributed by atoms with Gasteiger partial charge in [-0.05, 0) is 36.8 Å². The molecule has 4 rings (SSSR count). The number of nitrogens with zero attached hydrogens (tertiary/aromatic N) is 2. The number of rotatable bonds is 6. The van der Waals surface area contributed by atoms with Gasteiger partial charge in [-0.3, -0.25) is 9.48 Å². The minimum atomic E-state index is -0.852. The molecule has 0 saturated carbocycles. The van der Waals surface area contributed by atoms with Crippen molar-refractivity contribution in [1.29, 1.82) is 0 Å². The lowest BCUT2D eigenvalue weighted by Gasteiger charge is -2.08. The van der Waals surface area contributed by atoms with E-state index in [9.17, 15) is 4.79 Å². The van der Waals surface area contributed by atoms with Crippen LogP contribution in [-0.2, 0) is 24.9 Å². The molecule has 0 unspecified atom stereocenters. The Hall–Kier alpha value is -3.25. The number of carbonyl (C=O) groups is 1. The number of H-pyrrole nitrogens is 1. The first-order valence-electron chi connectivity index (χ1n) is 9.15. The van der Waals surface area contributed by atoms with Gasteiger partial charge in [0.05, 0.1) is 17.8 Å². The molecule has 0 aliphatic carbocycles. The molecule has 0 aliphatic rings. The standard InChI is InChI=1S/C22H20ClN3O3/c1-13-20(26(2)25-22(13)14-3-5-16(23)6-4-14)12-29-17-7-8-18-15(9-21(27)28)11-24-19(18)10-17/h3-8,10-11,24H,9,12H2,1-2H3,(H,27,28). The lowest BCUT2D eigenvalue weighted by atomic mass is 10.1. The summed E-state index contributed by atoms with van der Waals surface area (Å²) in [6, 6.07) is 13.2. The van der Waals surface area contributed by atoms with E-state index in [4.69, 9.17) is 21.4 Å². The third-order valence-corrected chi connectivity index (χ3v) is 5.25. The van der Waals surface area contributed by atoms with Crippen molar-refractivity contribution in [2.24, 2.45) is 7.05 Å². The lowest BCUT2D eigenvalue weighted by Crippen LogP contribution is -2.04. The zero-order valence-electron chi connectivity index (χ0n) is 16.1. The van der Waals surface area contributed by atoms with Crippen molar-refractivity contribution in [3.63, 3.8) is 0 Å². The van der Waals surface area contributed by atoms with Gasteiger partial charge in [0.15, 0.2) is 0 Å². The predicted molar refractivity (Wildman–Crippen MR) is 112 cm³/mol. The first kappa shape index (κ1) is 19.1. The van der Waals surface area contributed by atoms with Crippen molar-refractivity contribution < 1.29 is 14.6 Å². The molecule has 7 heteroatoms. The lowest BCUT2D eigenvalue weighted by molar-refractivity contribution is -0.136. The molecule has 0 spiro atoms. The fourth-order valence-corrected chi connectivity index (χ4v) is 3.59. The van der Waals surface area contributed by atoms with Crippen LogP contribution in [0.1, 0.15) is 16.8 Å². The second-order valence-electron chi connectivity index (χ2n) is 6.93. The Labute approximate surface area is 172 Å². The summed E-state index contributed by atoms with van der Waals surface area (Å²) in [7, 11) is 1.90. The summed E-state index contributed by atoms with van der Waals surface area (Å²) in [6.07, 6.45) is 1.72. The van der Waals surface area contributed by atoms with Crippen LogP contribution in [0.2, 0.25) is 5.02 Å². The van der Waals surface area contributed by atoms with Gasteiger partial charge in [-0.25, -0.2) is 0 Å². The number of ether oxygens (including phenoxy) is 1. The fraction of sp³-hybridized carbons (Fsp3) is 0.182. The maximum atomic E-state index is 11.0. The van der Waals surface area contributed by atoms with Gasteiger partial charge in [-0.15, -0.1) is 0 Å². The average Bonchev–Trinajstić information content (AvgIpc) is 3.21. The second kappa shape index (κ2) is 7.64. The Kier molecular flexibility index (Phi) is 5.03.